The number of nitrogen functional groups attached to an aromatic ring is 3. The summed E-state index contributed by atoms with van der Waals surface area (Å²) in [4.78, 5) is 101. The number of nitro benzene ring substituents is 5. The lowest BCUT2D eigenvalue weighted by Gasteiger charge is -2.05. The van der Waals surface area contributed by atoms with E-state index in [-0.39, 0.29) is 63.6 Å². The number of aromatic hydroxyl groups is 2. The van der Waals surface area contributed by atoms with Crippen molar-refractivity contribution in [1.82, 2.24) is 9.97 Å². The fourth-order valence-electron chi connectivity index (χ4n) is 8.27. The Labute approximate surface area is 571 Å². The Hall–Kier alpha value is -13.9. The third-order valence-corrected chi connectivity index (χ3v) is 12.6. The molecule has 0 aliphatic heterocycles. The van der Waals surface area contributed by atoms with Gasteiger partial charge in [0.25, 0.3) is 17.1 Å². The number of nitro groups is 5. The molecule has 0 spiro atoms. The lowest BCUT2D eigenvalue weighted by atomic mass is 10.2. The molecule has 522 valence electrons. The highest BCUT2D eigenvalue weighted by Gasteiger charge is 2.17. The van der Waals surface area contributed by atoms with Crippen LogP contribution in [0.25, 0.3) is 21.8 Å². The minimum absolute atomic E-state index is 0.0319. The zero-order valence-corrected chi connectivity index (χ0v) is 55.6. The second-order valence-corrected chi connectivity index (χ2v) is 20.7. The fourth-order valence-corrected chi connectivity index (χ4v) is 8.27. The first-order valence-corrected chi connectivity index (χ1v) is 29.1. The first-order chi connectivity index (χ1) is 47.1. The van der Waals surface area contributed by atoms with Gasteiger partial charge >= 0.3 is 11.4 Å². The number of carbonyl (C=O) groups is 4. The van der Waals surface area contributed by atoms with Crippen LogP contribution >= 0.6 is 0 Å². The number of benzene rings is 8. The number of nitrogens with one attached hydrogen (secondary N) is 4. The van der Waals surface area contributed by atoms with Gasteiger partial charge in [-0.3, -0.25) is 79.7 Å². The molecule has 0 saturated carbocycles. The topological polar surface area (TPSA) is 495 Å². The van der Waals surface area contributed by atoms with Crippen molar-refractivity contribution in [3.05, 3.63) is 255 Å². The van der Waals surface area contributed by atoms with Crippen LogP contribution < -0.4 is 47.9 Å². The van der Waals surface area contributed by atoms with Gasteiger partial charge in [-0.25, -0.2) is 0 Å². The number of nitrogens with two attached hydrogens (primary N) is 3. The average molecular weight is 1370 g/mol. The number of aryl methyl sites for hydroxylation is 4. The molecule has 0 fully saturated rings. The maximum atomic E-state index is 10.7. The number of hydrogen-bond acceptors (Lipinski definition) is 23. The molecule has 2 heterocycles. The van der Waals surface area contributed by atoms with E-state index in [2.05, 4.69) is 31.2 Å². The molecule has 2 aromatic heterocycles. The molecule has 10 aromatic rings. The summed E-state index contributed by atoms with van der Waals surface area (Å²) in [6, 6.07) is 45.3. The van der Waals surface area contributed by atoms with E-state index < -0.39 is 30.4 Å². The Morgan fingerprint density at radius 1 is 0.400 bits per heavy atom. The van der Waals surface area contributed by atoms with Crippen LogP contribution in [0.15, 0.2) is 182 Å². The maximum Gasteiger partial charge on any atom is 0.311 e. The third kappa shape index (κ3) is 27.9. The second kappa shape index (κ2) is 39.7. The zero-order chi connectivity index (χ0) is 74.9. The van der Waals surface area contributed by atoms with Gasteiger partial charge in [-0.05, 0) is 118 Å². The van der Waals surface area contributed by atoms with Crippen molar-refractivity contribution in [2.75, 3.05) is 52.7 Å². The summed E-state index contributed by atoms with van der Waals surface area (Å²) in [5, 5.41) is 82.2. The Bertz CT molecular complexity index is 4380. The number of phenolic OH excluding ortho intramolecular Hbond substituents is 2. The van der Waals surface area contributed by atoms with Crippen LogP contribution in [0, 0.1) is 78.3 Å². The van der Waals surface area contributed by atoms with Crippen LogP contribution in [0.2, 0.25) is 0 Å². The first kappa shape index (κ1) is 80.3. The van der Waals surface area contributed by atoms with E-state index in [1.54, 1.807) is 94.9 Å². The number of fused-ring (bicyclic) bond motifs is 2. The van der Waals surface area contributed by atoms with Crippen molar-refractivity contribution >= 4 is 114 Å². The first-order valence-electron chi connectivity index (χ1n) is 29.1. The van der Waals surface area contributed by atoms with Crippen molar-refractivity contribution < 1.29 is 63.5 Å². The van der Waals surface area contributed by atoms with E-state index in [1.165, 1.54) is 89.4 Å². The maximum absolute atomic E-state index is 10.7. The number of nitrogens with zero attached hydrogens (tertiary/aromatic N) is 7. The SMILES string of the molecule is CC(=O)Nc1ccc([N+](=O)[O-])c(C)c1.CC(=O)Nc1ccc([N+](=O)[O-])c(C)c1.CC(=O)Nc1ccc([N+](=O)[O-])c(O)c1.CC(=O)Nc1cccc(C)c1.COc1cc2ncccc2cc1N.COc1cc2ncccc2cc1[N+](=O)[O-].Cc1cc(N)ccc1[N+](=O)[O-].Nc1cccc(O)c1. The Morgan fingerprint density at radius 2 is 0.780 bits per heavy atom. The van der Waals surface area contributed by atoms with Gasteiger partial charge in [-0.2, -0.15) is 0 Å². The zero-order valence-electron chi connectivity index (χ0n) is 55.6. The standard InChI is InChI=1S/C10H8N2O3.C10H10N2O.2C9H10N2O3.C9H11NO.C8H8N2O4.C7H8N2O2.C6H7NO/c1-15-10-6-8-7(3-2-4-11-8)5-9(10)12(13)14;1-13-10-6-9-7(5-8(10)11)3-2-4-12-9;2*1-6-5-8(10-7(2)12)3-4-9(6)11(13)14;1-7-4-3-5-9(6-7)10-8(2)11;1-5(11)9-6-2-3-7(10(13)14)8(12)4-6;1-5-4-6(8)2-3-7(5)9(10)11;7-5-2-1-3-6(8)4-5/h2-6H,1H3;2-6H,11H2,1H3;2*3-5H,1-2H3,(H,10,12);3-6H,1-2H3,(H,10,11);2-4,12H,1H3,(H,9,11);2-4H,8H2,1H3;1-4,8H,7H2. The number of anilines is 7. The summed E-state index contributed by atoms with van der Waals surface area (Å²) in [6.45, 7) is 12.5. The molecule has 100 heavy (non-hydrogen) atoms. The molecule has 0 bridgehead atoms. The van der Waals surface area contributed by atoms with Crippen LogP contribution in [-0.2, 0) is 19.2 Å². The molecule has 0 aliphatic carbocycles. The van der Waals surface area contributed by atoms with Crippen LogP contribution in [0.4, 0.5) is 68.2 Å². The predicted octanol–water partition coefficient (Wildman–Crippen LogP) is 13.4. The summed E-state index contributed by atoms with van der Waals surface area (Å²) >= 11 is 0. The molecule has 32 heteroatoms. The molecule has 0 saturated heterocycles. The molecule has 12 N–H and O–H groups in total. The number of phenols is 2. The number of rotatable bonds is 11. The highest BCUT2D eigenvalue weighted by molar-refractivity contribution is 5.91. The van der Waals surface area contributed by atoms with Crippen molar-refractivity contribution in [1.29, 1.82) is 0 Å². The minimum Gasteiger partial charge on any atom is -0.508 e. The van der Waals surface area contributed by atoms with E-state index in [1.807, 2.05) is 55.5 Å². The second-order valence-electron chi connectivity index (χ2n) is 20.7. The smallest absolute Gasteiger partial charge is 0.311 e. The van der Waals surface area contributed by atoms with E-state index in [4.69, 9.17) is 31.8 Å². The van der Waals surface area contributed by atoms with Gasteiger partial charge < -0.3 is 58.2 Å². The Balaban J connectivity index is 0.000000299. The molecule has 0 radical (unpaired) electrons. The van der Waals surface area contributed by atoms with E-state index in [0.29, 0.717) is 62.1 Å². The quantitative estimate of drug-likeness (QED) is 0.0330. The molecule has 0 aliphatic rings. The summed E-state index contributed by atoms with van der Waals surface area (Å²) in [5.41, 5.74) is 24.7. The van der Waals surface area contributed by atoms with Crippen LogP contribution in [0.5, 0.6) is 23.0 Å². The fraction of sp³-hybridized carbons (Fsp3) is 0.147. The van der Waals surface area contributed by atoms with Crippen LogP contribution in [0.1, 0.15) is 49.9 Å². The number of pyridine rings is 2. The molecule has 0 unspecified atom stereocenters. The van der Waals surface area contributed by atoms with Crippen molar-refractivity contribution in [3.8, 4) is 23.0 Å². The average Bonchev–Trinajstić information content (AvgIpc) is 0.823. The van der Waals surface area contributed by atoms with Crippen molar-refractivity contribution in [2.45, 2.75) is 55.4 Å². The van der Waals surface area contributed by atoms with Gasteiger partial charge in [-0.15, -0.1) is 0 Å². The number of amides is 4. The highest BCUT2D eigenvalue weighted by atomic mass is 16.6. The number of ether oxygens (including phenoxy) is 2. The van der Waals surface area contributed by atoms with Crippen molar-refractivity contribution in [2.24, 2.45) is 0 Å². The summed E-state index contributed by atoms with van der Waals surface area (Å²) in [7, 11) is 3.00. The van der Waals surface area contributed by atoms with Gasteiger partial charge in [0.15, 0.2) is 11.5 Å². The van der Waals surface area contributed by atoms with Gasteiger partial charge in [0, 0.05) is 156 Å². The van der Waals surface area contributed by atoms with Gasteiger partial charge in [0.05, 0.1) is 55.6 Å². The number of aromatic nitrogens is 2. The molecule has 0 atom stereocenters. The van der Waals surface area contributed by atoms with Gasteiger partial charge in [0.1, 0.15) is 11.5 Å². The van der Waals surface area contributed by atoms with Gasteiger partial charge in [0.2, 0.25) is 23.6 Å². The third-order valence-electron chi connectivity index (χ3n) is 12.6. The number of methoxy groups -OCH3 is 2. The van der Waals surface area contributed by atoms with E-state index in [0.717, 1.165) is 39.7 Å². The van der Waals surface area contributed by atoms with Crippen LogP contribution in [-0.4, -0.2) is 82.6 Å². The Kier molecular flexibility index (Phi) is 31.9. The largest absolute Gasteiger partial charge is 0.508 e. The predicted molar refractivity (Wildman–Crippen MR) is 381 cm³/mol. The molecule has 10 rings (SSSR count). The lowest BCUT2D eigenvalue weighted by molar-refractivity contribution is -0.385. The number of hydrogen-bond donors (Lipinski definition) is 9. The van der Waals surface area contributed by atoms with Gasteiger partial charge in [-0.1, -0.05) is 30.3 Å². The molecular weight excluding hydrogens is 1300 g/mol. The monoisotopic (exact) mass is 1370 g/mol. The normalized spacial score (nSPS) is 9.66. The lowest BCUT2D eigenvalue weighted by Crippen LogP contribution is -2.06. The van der Waals surface area contributed by atoms with Crippen molar-refractivity contribution in [3.63, 3.8) is 0 Å². The summed E-state index contributed by atoms with van der Waals surface area (Å²) in [5.74, 6) is -0.0889. The summed E-state index contributed by atoms with van der Waals surface area (Å²) in [6.07, 6.45) is 3.38. The molecule has 4 amide bonds. The van der Waals surface area contributed by atoms with E-state index in [9.17, 15) is 74.9 Å². The van der Waals surface area contributed by atoms with E-state index >= 15 is 0 Å². The minimum atomic E-state index is -0.702. The van der Waals surface area contributed by atoms with Crippen LogP contribution in [0.3, 0.4) is 0 Å². The molecule has 8 aromatic carbocycles. The molecular formula is C68H72N14O18. The molecule has 32 nitrogen and oxygen atoms in total. The Morgan fingerprint density at radius 3 is 1.15 bits per heavy atom. The summed E-state index contributed by atoms with van der Waals surface area (Å²) < 4.78 is 10.0. The number of carbonyl (C=O) groups excluding carboxylic acids is 4. The highest BCUT2D eigenvalue weighted by Crippen LogP contribution is 2.32.